The molecular weight excluding hydrogens is 300 g/mol. The molecule has 1 N–H and O–H groups in total. The second-order valence-electron chi connectivity index (χ2n) is 5.24. The molecule has 0 fully saturated rings. The summed E-state index contributed by atoms with van der Waals surface area (Å²) in [5.74, 6) is -0.299. The van der Waals surface area contributed by atoms with Crippen molar-refractivity contribution >= 4 is 21.3 Å². The molecule has 118 valence electrons. The minimum atomic E-state index is -2.42. The van der Waals surface area contributed by atoms with Crippen molar-refractivity contribution in [2.24, 2.45) is 4.36 Å². The lowest BCUT2D eigenvalue weighted by atomic mass is 10.3. The van der Waals surface area contributed by atoms with Gasteiger partial charge in [0.25, 0.3) is 5.91 Å². The summed E-state index contributed by atoms with van der Waals surface area (Å²) in [6.07, 6.45) is 3.34. The fourth-order valence-electron chi connectivity index (χ4n) is 1.86. The Morgan fingerprint density at radius 2 is 2.09 bits per heavy atom. The summed E-state index contributed by atoms with van der Waals surface area (Å²) in [5.41, 5.74) is 0.913. The Bertz CT molecular complexity index is 801. The molecule has 0 spiro atoms. The zero-order valence-electron chi connectivity index (χ0n) is 13.1. The van der Waals surface area contributed by atoms with Gasteiger partial charge in [-0.2, -0.15) is 5.10 Å². The lowest BCUT2D eigenvalue weighted by Gasteiger charge is -2.08. The predicted octanol–water partition coefficient (Wildman–Crippen LogP) is 2.80. The second kappa shape index (κ2) is 6.31. The number of nitrogens with one attached hydrogen (secondary N) is 1. The van der Waals surface area contributed by atoms with Gasteiger partial charge in [-0.15, -0.1) is 0 Å². The van der Waals surface area contributed by atoms with Crippen molar-refractivity contribution in [1.82, 2.24) is 9.78 Å². The fourth-order valence-corrected chi connectivity index (χ4v) is 2.74. The van der Waals surface area contributed by atoms with Gasteiger partial charge in [0, 0.05) is 36.1 Å². The standard InChI is InChI=1S/C15H20N4O2S/c1-11(2)19-9-8-14(18-19)15(20)17-12-6-5-7-13(10-12)22(4,21)16-3/h5-11H,1-4H3,(H,17,20)/t22-/m1/s1. The molecule has 1 aromatic carbocycles. The van der Waals surface area contributed by atoms with Gasteiger partial charge < -0.3 is 5.32 Å². The summed E-state index contributed by atoms with van der Waals surface area (Å²) >= 11 is 0. The van der Waals surface area contributed by atoms with Crippen LogP contribution in [0.25, 0.3) is 0 Å². The van der Waals surface area contributed by atoms with Crippen molar-refractivity contribution in [1.29, 1.82) is 0 Å². The number of carbonyl (C=O) groups excluding carboxylic acids is 1. The first-order chi connectivity index (χ1) is 10.3. The highest BCUT2D eigenvalue weighted by atomic mass is 32.2. The molecule has 0 radical (unpaired) electrons. The highest BCUT2D eigenvalue weighted by molar-refractivity contribution is 7.93. The number of rotatable bonds is 4. The number of anilines is 1. The number of nitrogens with zero attached hydrogens (tertiary/aromatic N) is 3. The van der Waals surface area contributed by atoms with E-state index in [4.69, 9.17) is 0 Å². The molecular formula is C15H20N4O2S. The predicted molar refractivity (Wildman–Crippen MR) is 87.7 cm³/mol. The zero-order valence-corrected chi connectivity index (χ0v) is 13.9. The van der Waals surface area contributed by atoms with E-state index in [9.17, 15) is 9.00 Å². The van der Waals surface area contributed by atoms with Gasteiger partial charge in [-0.3, -0.25) is 9.48 Å². The monoisotopic (exact) mass is 320 g/mol. The van der Waals surface area contributed by atoms with Crippen LogP contribution in [0, 0.1) is 0 Å². The van der Waals surface area contributed by atoms with E-state index in [0.29, 0.717) is 16.3 Å². The fraction of sp³-hybridized carbons (Fsp3) is 0.333. The number of hydrogen-bond acceptors (Lipinski definition) is 4. The molecule has 1 atom stereocenters. The van der Waals surface area contributed by atoms with Crippen molar-refractivity contribution < 1.29 is 9.00 Å². The number of amides is 1. The van der Waals surface area contributed by atoms with Crippen molar-refractivity contribution in [3.05, 3.63) is 42.2 Å². The maximum absolute atomic E-state index is 12.2. The maximum Gasteiger partial charge on any atom is 0.276 e. The molecule has 0 aliphatic heterocycles. The molecule has 2 rings (SSSR count). The van der Waals surface area contributed by atoms with Crippen molar-refractivity contribution in [2.75, 3.05) is 18.6 Å². The van der Waals surface area contributed by atoms with Gasteiger partial charge in [-0.1, -0.05) is 6.07 Å². The Labute approximate surface area is 130 Å². The van der Waals surface area contributed by atoms with Gasteiger partial charge in [-0.05, 0) is 38.1 Å². The molecule has 0 bridgehead atoms. The molecule has 6 nitrogen and oxygen atoms in total. The van der Waals surface area contributed by atoms with Gasteiger partial charge in [0.1, 0.15) is 0 Å². The van der Waals surface area contributed by atoms with Crippen LogP contribution < -0.4 is 5.32 Å². The Morgan fingerprint density at radius 3 is 2.68 bits per heavy atom. The van der Waals surface area contributed by atoms with Crippen LogP contribution in [0.15, 0.2) is 45.8 Å². The molecule has 0 aliphatic carbocycles. The summed E-state index contributed by atoms with van der Waals surface area (Å²) in [4.78, 5) is 12.8. The van der Waals surface area contributed by atoms with E-state index in [2.05, 4.69) is 14.8 Å². The first kappa shape index (κ1) is 16.2. The molecule has 1 aromatic heterocycles. The van der Waals surface area contributed by atoms with Crippen LogP contribution in [-0.2, 0) is 9.73 Å². The SMILES string of the molecule is CN=[S@](C)(=O)c1cccc(NC(=O)c2ccn(C(C)C)n2)c1. The second-order valence-corrected chi connectivity index (χ2v) is 7.68. The van der Waals surface area contributed by atoms with E-state index in [-0.39, 0.29) is 11.9 Å². The average Bonchev–Trinajstić information content (AvgIpc) is 2.97. The largest absolute Gasteiger partial charge is 0.321 e. The van der Waals surface area contributed by atoms with Crippen molar-refractivity contribution in [2.45, 2.75) is 24.8 Å². The van der Waals surface area contributed by atoms with E-state index in [0.717, 1.165) is 0 Å². The maximum atomic E-state index is 12.2. The molecule has 1 amide bonds. The van der Waals surface area contributed by atoms with Crippen LogP contribution in [0.5, 0.6) is 0 Å². The van der Waals surface area contributed by atoms with Crippen LogP contribution in [0.1, 0.15) is 30.4 Å². The first-order valence-electron chi connectivity index (χ1n) is 6.90. The van der Waals surface area contributed by atoms with Gasteiger partial charge in [0.15, 0.2) is 5.69 Å². The molecule has 7 heteroatoms. The van der Waals surface area contributed by atoms with Gasteiger partial charge >= 0.3 is 0 Å². The number of carbonyl (C=O) groups is 1. The van der Waals surface area contributed by atoms with Gasteiger partial charge in [0.2, 0.25) is 0 Å². The van der Waals surface area contributed by atoms with E-state index in [1.165, 1.54) is 7.05 Å². The third-order valence-electron chi connectivity index (χ3n) is 3.25. The van der Waals surface area contributed by atoms with Crippen LogP contribution in [0.3, 0.4) is 0 Å². The summed E-state index contributed by atoms with van der Waals surface area (Å²) in [7, 11) is -0.904. The Morgan fingerprint density at radius 1 is 1.36 bits per heavy atom. The van der Waals surface area contributed by atoms with E-state index >= 15 is 0 Å². The third-order valence-corrected chi connectivity index (χ3v) is 5.07. The molecule has 22 heavy (non-hydrogen) atoms. The Kier molecular flexibility index (Phi) is 4.65. The van der Waals surface area contributed by atoms with Crippen molar-refractivity contribution in [3.8, 4) is 0 Å². The van der Waals surface area contributed by atoms with Crippen LogP contribution in [0.4, 0.5) is 5.69 Å². The minimum absolute atomic E-state index is 0.195. The van der Waals surface area contributed by atoms with Crippen LogP contribution in [0.2, 0.25) is 0 Å². The summed E-state index contributed by atoms with van der Waals surface area (Å²) in [5, 5.41) is 6.99. The minimum Gasteiger partial charge on any atom is -0.321 e. The number of hydrogen-bond donors (Lipinski definition) is 1. The Balaban J connectivity index is 2.22. The molecule has 1 heterocycles. The molecule has 2 aromatic rings. The quantitative estimate of drug-likeness (QED) is 0.941. The molecule has 0 saturated heterocycles. The van der Waals surface area contributed by atoms with Crippen LogP contribution >= 0.6 is 0 Å². The van der Waals surface area contributed by atoms with E-state index in [1.54, 1.807) is 47.5 Å². The van der Waals surface area contributed by atoms with Gasteiger partial charge in [0.05, 0.1) is 9.73 Å². The van der Waals surface area contributed by atoms with Gasteiger partial charge in [-0.25, -0.2) is 8.57 Å². The molecule has 0 aliphatic rings. The van der Waals surface area contributed by atoms with E-state index in [1.807, 2.05) is 13.8 Å². The highest BCUT2D eigenvalue weighted by Crippen LogP contribution is 2.17. The van der Waals surface area contributed by atoms with Crippen LogP contribution in [-0.4, -0.2) is 33.2 Å². The smallest absolute Gasteiger partial charge is 0.276 e. The molecule has 0 saturated carbocycles. The average molecular weight is 320 g/mol. The lowest BCUT2D eigenvalue weighted by Crippen LogP contribution is -2.14. The van der Waals surface area contributed by atoms with E-state index < -0.39 is 9.73 Å². The first-order valence-corrected chi connectivity index (χ1v) is 8.82. The number of aromatic nitrogens is 2. The zero-order chi connectivity index (χ0) is 16.3. The lowest BCUT2D eigenvalue weighted by molar-refractivity contribution is 0.102. The highest BCUT2D eigenvalue weighted by Gasteiger charge is 2.12. The molecule has 0 unspecified atom stereocenters. The van der Waals surface area contributed by atoms with Crippen molar-refractivity contribution in [3.63, 3.8) is 0 Å². The topological polar surface area (TPSA) is 76.3 Å². The third kappa shape index (κ3) is 3.54. The summed E-state index contributed by atoms with van der Waals surface area (Å²) in [6.45, 7) is 3.98. The normalized spacial score (nSPS) is 13.7. The number of benzene rings is 1. The summed E-state index contributed by atoms with van der Waals surface area (Å²) < 4.78 is 17.9. The summed E-state index contributed by atoms with van der Waals surface area (Å²) in [6, 6.07) is 8.76. The Hall–Kier alpha value is -2.15.